The lowest BCUT2D eigenvalue weighted by atomic mass is 10.1. The van der Waals surface area contributed by atoms with Gasteiger partial charge in [-0.1, -0.05) is 29.3 Å². The van der Waals surface area contributed by atoms with Crippen LogP contribution in [0.5, 0.6) is 0 Å². The maximum Gasteiger partial charge on any atom is 0.269 e. The summed E-state index contributed by atoms with van der Waals surface area (Å²) in [5.74, 6) is 0. The molecule has 0 fully saturated rings. The van der Waals surface area contributed by atoms with Gasteiger partial charge in [0.1, 0.15) is 11.1 Å². The lowest BCUT2D eigenvalue weighted by molar-refractivity contribution is -0.384. The zero-order valence-corrected chi connectivity index (χ0v) is 15.3. The van der Waals surface area contributed by atoms with Crippen molar-refractivity contribution < 1.29 is 4.92 Å². The van der Waals surface area contributed by atoms with Crippen molar-refractivity contribution in [3.05, 3.63) is 78.6 Å². The number of hydrogen-bond donors (Lipinski definition) is 0. The van der Waals surface area contributed by atoms with E-state index in [0.717, 1.165) is 5.56 Å². The second-order valence-electron chi connectivity index (χ2n) is 5.18. The van der Waals surface area contributed by atoms with E-state index in [2.05, 4.69) is 11.1 Å². The SMILES string of the molecule is N#C/C(=C/c1ccc(Cl)cc1Cl)c1nc(-c2ccc([N+](=O)[O-])cc2)cs1. The minimum absolute atomic E-state index is 0.0131. The van der Waals surface area contributed by atoms with Crippen molar-refractivity contribution in [3.63, 3.8) is 0 Å². The molecule has 0 aliphatic carbocycles. The molecule has 0 atom stereocenters. The van der Waals surface area contributed by atoms with Crippen molar-refractivity contribution in [2.75, 3.05) is 0 Å². The van der Waals surface area contributed by atoms with Crippen LogP contribution < -0.4 is 0 Å². The van der Waals surface area contributed by atoms with Gasteiger partial charge in [-0.15, -0.1) is 11.3 Å². The Bertz CT molecular complexity index is 1050. The molecule has 0 amide bonds. The molecule has 3 rings (SSSR count). The number of benzene rings is 2. The Kier molecular flexibility index (Phi) is 5.33. The molecule has 5 nitrogen and oxygen atoms in total. The fourth-order valence-corrected chi connectivity index (χ4v) is 3.46. The van der Waals surface area contributed by atoms with Gasteiger partial charge >= 0.3 is 0 Å². The summed E-state index contributed by atoms with van der Waals surface area (Å²) >= 11 is 13.3. The summed E-state index contributed by atoms with van der Waals surface area (Å²) < 4.78 is 0. The highest BCUT2D eigenvalue weighted by Crippen LogP contribution is 2.30. The molecule has 0 unspecified atom stereocenters. The highest BCUT2D eigenvalue weighted by atomic mass is 35.5. The van der Waals surface area contributed by atoms with Crippen molar-refractivity contribution in [1.29, 1.82) is 5.26 Å². The van der Waals surface area contributed by atoms with Gasteiger partial charge in [-0.25, -0.2) is 4.98 Å². The van der Waals surface area contributed by atoms with Crippen LogP contribution in [0, 0.1) is 21.4 Å². The summed E-state index contributed by atoms with van der Waals surface area (Å²) in [5, 5.41) is 23.5. The molecule has 0 aliphatic heterocycles. The molecule has 1 aromatic heterocycles. The molecular formula is C18H9Cl2N3O2S. The van der Waals surface area contributed by atoms with E-state index < -0.39 is 4.92 Å². The number of thiazole rings is 1. The van der Waals surface area contributed by atoms with E-state index in [9.17, 15) is 15.4 Å². The van der Waals surface area contributed by atoms with E-state index in [4.69, 9.17) is 23.2 Å². The van der Waals surface area contributed by atoms with Gasteiger partial charge in [0.25, 0.3) is 5.69 Å². The minimum Gasteiger partial charge on any atom is -0.258 e. The van der Waals surface area contributed by atoms with Crippen LogP contribution in [0.15, 0.2) is 47.8 Å². The van der Waals surface area contributed by atoms with Gasteiger partial charge in [-0.3, -0.25) is 10.1 Å². The number of non-ortho nitro benzene ring substituents is 1. The molecule has 0 aliphatic rings. The maximum absolute atomic E-state index is 10.7. The molecule has 0 spiro atoms. The van der Waals surface area contributed by atoms with E-state index in [1.807, 2.05) is 0 Å². The number of rotatable bonds is 4. The standard InChI is InChI=1S/C18H9Cl2N3O2S/c19-14-4-1-12(16(20)8-14)7-13(9-21)18-22-17(10-26-18)11-2-5-15(6-3-11)23(24)25/h1-8,10H/b13-7-. The second-order valence-corrected chi connectivity index (χ2v) is 6.88. The van der Waals surface area contributed by atoms with Crippen LogP contribution in [0.1, 0.15) is 10.6 Å². The summed E-state index contributed by atoms with van der Waals surface area (Å²) in [7, 11) is 0. The van der Waals surface area contributed by atoms with Crippen LogP contribution in [0.2, 0.25) is 10.0 Å². The molecule has 0 bridgehead atoms. The van der Waals surface area contributed by atoms with Crippen LogP contribution in [0.25, 0.3) is 22.9 Å². The maximum atomic E-state index is 10.7. The number of nitriles is 1. The van der Waals surface area contributed by atoms with Gasteiger partial charge in [0.2, 0.25) is 0 Å². The first-order chi connectivity index (χ1) is 12.5. The largest absolute Gasteiger partial charge is 0.269 e. The van der Waals surface area contributed by atoms with Crippen molar-refractivity contribution >= 4 is 51.9 Å². The molecule has 0 saturated carbocycles. The van der Waals surface area contributed by atoms with Crippen molar-refractivity contribution in [2.45, 2.75) is 0 Å². The molecular weight excluding hydrogens is 393 g/mol. The number of hydrogen-bond acceptors (Lipinski definition) is 5. The van der Waals surface area contributed by atoms with Crippen LogP contribution in [-0.2, 0) is 0 Å². The number of nitro groups is 1. The Morgan fingerprint density at radius 2 is 1.96 bits per heavy atom. The zero-order valence-electron chi connectivity index (χ0n) is 13.0. The fourth-order valence-electron chi connectivity index (χ4n) is 2.20. The lowest BCUT2D eigenvalue weighted by Gasteiger charge is -2.00. The summed E-state index contributed by atoms with van der Waals surface area (Å²) in [6.07, 6.45) is 1.65. The zero-order chi connectivity index (χ0) is 18.7. The van der Waals surface area contributed by atoms with Gasteiger partial charge in [0, 0.05) is 33.1 Å². The smallest absolute Gasteiger partial charge is 0.258 e. The number of nitro benzene ring substituents is 1. The lowest BCUT2D eigenvalue weighted by Crippen LogP contribution is -1.87. The Hall–Kier alpha value is -2.72. The van der Waals surface area contributed by atoms with Gasteiger partial charge in [-0.2, -0.15) is 5.26 Å². The van der Waals surface area contributed by atoms with Crippen LogP contribution >= 0.6 is 34.5 Å². The first-order valence-corrected chi connectivity index (χ1v) is 8.89. The molecule has 26 heavy (non-hydrogen) atoms. The van der Waals surface area contributed by atoms with E-state index >= 15 is 0 Å². The molecule has 2 aromatic carbocycles. The van der Waals surface area contributed by atoms with Crippen LogP contribution in [0.4, 0.5) is 5.69 Å². The van der Waals surface area contributed by atoms with Crippen molar-refractivity contribution in [1.82, 2.24) is 4.98 Å². The molecule has 3 aromatic rings. The van der Waals surface area contributed by atoms with Gasteiger partial charge in [0.15, 0.2) is 0 Å². The van der Waals surface area contributed by atoms with E-state index in [-0.39, 0.29) is 5.69 Å². The first kappa shape index (κ1) is 18.1. The van der Waals surface area contributed by atoms with E-state index in [1.54, 1.807) is 41.8 Å². The quantitative estimate of drug-likeness (QED) is 0.301. The normalized spacial score (nSPS) is 11.2. The fraction of sp³-hybridized carbons (Fsp3) is 0. The van der Waals surface area contributed by atoms with E-state index in [1.165, 1.54) is 23.5 Å². The average molecular weight is 402 g/mol. The molecule has 0 radical (unpaired) electrons. The highest BCUT2D eigenvalue weighted by Gasteiger charge is 2.11. The van der Waals surface area contributed by atoms with Gasteiger partial charge in [0.05, 0.1) is 16.2 Å². The predicted octanol–water partition coefficient (Wildman–Crippen LogP) is 6.09. The van der Waals surface area contributed by atoms with E-state index in [0.29, 0.717) is 31.9 Å². The minimum atomic E-state index is -0.456. The Morgan fingerprint density at radius 1 is 1.23 bits per heavy atom. The first-order valence-electron chi connectivity index (χ1n) is 7.25. The van der Waals surface area contributed by atoms with Gasteiger partial charge < -0.3 is 0 Å². The molecule has 128 valence electrons. The third-order valence-electron chi connectivity index (χ3n) is 3.49. The second kappa shape index (κ2) is 7.67. The Balaban J connectivity index is 1.93. The summed E-state index contributed by atoms with van der Waals surface area (Å²) in [6, 6.07) is 13.2. The van der Waals surface area contributed by atoms with Crippen molar-refractivity contribution in [2.24, 2.45) is 0 Å². The monoisotopic (exact) mass is 401 g/mol. The van der Waals surface area contributed by atoms with Crippen molar-refractivity contribution in [3.8, 4) is 17.3 Å². The third-order valence-corrected chi connectivity index (χ3v) is 4.93. The van der Waals surface area contributed by atoms with Crippen LogP contribution in [0.3, 0.4) is 0 Å². The number of nitrogens with zero attached hydrogens (tertiary/aromatic N) is 3. The summed E-state index contributed by atoms with van der Waals surface area (Å²) in [4.78, 5) is 14.7. The Morgan fingerprint density at radius 3 is 2.58 bits per heavy atom. The summed E-state index contributed by atoms with van der Waals surface area (Å²) in [5.41, 5.74) is 2.43. The number of allylic oxidation sites excluding steroid dienone is 1. The number of aromatic nitrogens is 1. The van der Waals surface area contributed by atoms with Crippen LogP contribution in [-0.4, -0.2) is 9.91 Å². The third kappa shape index (κ3) is 3.92. The number of halogens is 2. The molecule has 0 N–H and O–H groups in total. The summed E-state index contributed by atoms with van der Waals surface area (Å²) in [6.45, 7) is 0. The molecule has 0 saturated heterocycles. The molecule has 1 heterocycles. The average Bonchev–Trinajstić information content (AvgIpc) is 3.11. The Labute approximate surface area is 162 Å². The van der Waals surface area contributed by atoms with Gasteiger partial charge in [-0.05, 0) is 35.9 Å². The topological polar surface area (TPSA) is 79.8 Å². The molecule has 8 heteroatoms. The highest BCUT2D eigenvalue weighted by molar-refractivity contribution is 7.11. The predicted molar refractivity (Wildman–Crippen MR) is 104 cm³/mol.